The van der Waals surface area contributed by atoms with E-state index in [0.29, 0.717) is 43.4 Å². The van der Waals surface area contributed by atoms with Gasteiger partial charge in [-0.05, 0) is 35.4 Å². The molecule has 0 spiro atoms. The van der Waals surface area contributed by atoms with Crippen LogP contribution in [-0.2, 0) is 17.9 Å². The number of thiocarbonyl (C=S) groups is 1. The first-order valence-electron chi connectivity index (χ1n) is 10.3. The highest BCUT2D eigenvalue weighted by Gasteiger charge is 2.32. The molecule has 34 heavy (non-hydrogen) atoms. The summed E-state index contributed by atoms with van der Waals surface area (Å²) >= 11 is 13.2. The van der Waals surface area contributed by atoms with Crippen LogP contribution < -0.4 is 9.47 Å². The molecule has 0 aliphatic carbocycles. The van der Waals surface area contributed by atoms with Crippen molar-refractivity contribution in [3.05, 3.63) is 98.9 Å². The smallest absolute Gasteiger partial charge is 0.266 e. The van der Waals surface area contributed by atoms with Crippen LogP contribution in [0.1, 0.15) is 22.3 Å². The number of carbonyl (C=O) groups excluding carboxylic acids is 1. The molecular formula is C26H19ClN2O3S2. The second-order valence-electron chi connectivity index (χ2n) is 7.35. The van der Waals surface area contributed by atoms with Crippen molar-refractivity contribution in [3.63, 3.8) is 0 Å². The van der Waals surface area contributed by atoms with Crippen LogP contribution in [0.4, 0.5) is 0 Å². The highest BCUT2D eigenvalue weighted by atomic mass is 35.5. The van der Waals surface area contributed by atoms with Crippen LogP contribution in [0.15, 0.2) is 71.6 Å². The fourth-order valence-corrected chi connectivity index (χ4v) is 4.95. The third kappa shape index (κ3) is 5.26. The number of carbonyl (C=O) groups is 1. The molecule has 0 atom stereocenters. The number of nitrogens with zero attached hydrogens (tertiary/aromatic N) is 2. The zero-order valence-electron chi connectivity index (χ0n) is 18.2. The van der Waals surface area contributed by atoms with E-state index in [1.165, 1.54) is 18.9 Å². The number of methoxy groups -OCH3 is 1. The van der Waals surface area contributed by atoms with Gasteiger partial charge >= 0.3 is 0 Å². The van der Waals surface area contributed by atoms with Crippen molar-refractivity contribution in [3.8, 4) is 17.6 Å². The van der Waals surface area contributed by atoms with Crippen molar-refractivity contribution in [1.29, 1.82) is 5.26 Å². The Morgan fingerprint density at radius 1 is 1.15 bits per heavy atom. The summed E-state index contributed by atoms with van der Waals surface area (Å²) in [5.74, 6) is 0.640. The molecule has 1 amide bonds. The predicted molar refractivity (Wildman–Crippen MR) is 139 cm³/mol. The molecule has 0 radical (unpaired) electrons. The first kappa shape index (κ1) is 23.8. The van der Waals surface area contributed by atoms with Gasteiger partial charge in [-0.3, -0.25) is 9.69 Å². The van der Waals surface area contributed by atoms with E-state index in [4.69, 9.17) is 33.3 Å². The largest absolute Gasteiger partial charge is 0.493 e. The molecule has 3 aromatic rings. The number of hydrogen-bond donors (Lipinski definition) is 0. The third-order valence-corrected chi connectivity index (χ3v) is 6.77. The number of rotatable bonds is 7. The Balaban J connectivity index is 1.55. The van der Waals surface area contributed by atoms with Gasteiger partial charge in [-0.25, -0.2) is 0 Å². The number of halogens is 1. The van der Waals surface area contributed by atoms with Crippen LogP contribution in [0.2, 0.25) is 5.02 Å². The van der Waals surface area contributed by atoms with E-state index in [1.807, 2.05) is 42.5 Å². The lowest BCUT2D eigenvalue weighted by molar-refractivity contribution is -0.122. The molecule has 1 heterocycles. The number of nitriles is 1. The molecule has 4 rings (SSSR count). The van der Waals surface area contributed by atoms with Crippen LogP contribution in [0.25, 0.3) is 6.08 Å². The van der Waals surface area contributed by atoms with Crippen molar-refractivity contribution >= 4 is 51.9 Å². The van der Waals surface area contributed by atoms with Crippen LogP contribution in [0, 0.1) is 11.3 Å². The number of hydrogen-bond acceptors (Lipinski definition) is 6. The van der Waals surface area contributed by atoms with Gasteiger partial charge in [0.15, 0.2) is 11.5 Å². The monoisotopic (exact) mass is 506 g/mol. The van der Waals surface area contributed by atoms with Gasteiger partial charge in [0, 0.05) is 5.56 Å². The molecule has 0 unspecified atom stereocenters. The minimum absolute atomic E-state index is 0.151. The van der Waals surface area contributed by atoms with Crippen molar-refractivity contribution in [2.45, 2.75) is 13.2 Å². The van der Waals surface area contributed by atoms with Crippen LogP contribution in [0.5, 0.6) is 11.5 Å². The normalized spacial score (nSPS) is 14.4. The summed E-state index contributed by atoms with van der Waals surface area (Å²) in [7, 11) is 1.52. The Morgan fingerprint density at radius 2 is 1.88 bits per heavy atom. The summed E-state index contributed by atoms with van der Waals surface area (Å²) in [6, 6.07) is 22.5. The van der Waals surface area contributed by atoms with Crippen LogP contribution in [-0.4, -0.2) is 22.2 Å². The maximum atomic E-state index is 13.0. The van der Waals surface area contributed by atoms with Crippen molar-refractivity contribution in [2.75, 3.05) is 7.11 Å². The summed E-state index contributed by atoms with van der Waals surface area (Å²) < 4.78 is 11.9. The van der Waals surface area contributed by atoms with Crippen molar-refractivity contribution in [1.82, 2.24) is 4.90 Å². The summed E-state index contributed by atoms with van der Waals surface area (Å²) in [6.07, 6.45) is 1.74. The van der Waals surface area contributed by atoms with Gasteiger partial charge in [-0.2, -0.15) is 5.26 Å². The molecule has 1 aliphatic heterocycles. The van der Waals surface area contributed by atoms with Crippen molar-refractivity contribution in [2.24, 2.45) is 0 Å². The molecular weight excluding hydrogens is 488 g/mol. The van der Waals surface area contributed by atoms with Crippen LogP contribution in [0.3, 0.4) is 0 Å². The van der Waals surface area contributed by atoms with Gasteiger partial charge in [0.25, 0.3) is 5.91 Å². The standard InChI is InChI=1S/C26H19ClN2O3S2/c1-31-22-12-18(11-21(27)24(22)32-16-20-10-6-5-9-19(20)14-28)13-23-25(30)29(26(33)34-23)15-17-7-3-2-4-8-17/h2-13H,15-16H2,1H3/b23-13+. The lowest BCUT2D eigenvalue weighted by Gasteiger charge is -2.14. The Kier molecular flexibility index (Phi) is 7.53. The number of thioether (sulfide) groups is 1. The molecule has 5 nitrogen and oxygen atoms in total. The molecule has 8 heteroatoms. The predicted octanol–water partition coefficient (Wildman–Crippen LogP) is 6.20. The SMILES string of the molecule is COc1cc(/C=C2/SC(=S)N(Cc3ccccc3)C2=O)cc(Cl)c1OCc1ccccc1C#N. The van der Waals surface area contributed by atoms with E-state index in [-0.39, 0.29) is 12.5 Å². The second-order valence-corrected chi connectivity index (χ2v) is 9.43. The van der Waals surface area contributed by atoms with E-state index in [2.05, 4.69) is 6.07 Å². The quantitative estimate of drug-likeness (QED) is 0.281. The number of ether oxygens (including phenoxy) is 2. The van der Waals surface area contributed by atoms with Crippen LogP contribution >= 0.6 is 35.6 Å². The fraction of sp³-hybridized carbons (Fsp3) is 0.115. The molecule has 0 bridgehead atoms. The van der Waals surface area contributed by atoms with Gasteiger partial charge in [0.05, 0.1) is 35.2 Å². The summed E-state index contributed by atoms with van der Waals surface area (Å²) in [6.45, 7) is 0.585. The van der Waals surface area contributed by atoms with E-state index in [9.17, 15) is 10.1 Å². The van der Waals surface area contributed by atoms with E-state index >= 15 is 0 Å². The zero-order valence-corrected chi connectivity index (χ0v) is 20.5. The average Bonchev–Trinajstić information content (AvgIpc) is 3.11. The maximum absolute atomic E-state index is 13.0. The molecule has 0 saturated carbocycles. The minimum atomic E-state index is -0.151. The van der Waals surface area contributed by atoms with E-state index in [1.54, 1.807) is 35.2 Å². The lowest BCUT2D eigenvalue weighted by atomic mass is 10.1. The molecule has 1 saturated heterocycles. The molecule has 170 valence electrons. The van der Waals surface area contributed by atoms with Gasteiger partial charge in [-0.1, -0.05) is 84.1 Å². The highest BCUT2D eigenvalue weighted by molar-refractivity contribution is 8.26. The second kappa shape index (κ2) is 10.7. The molecule has 1 aliphatic rings. The Hall–Kier alpha value is -3.31. The molecule has 0 aromatic heterocycles. The molecule has 1 fully saturated rings. The first-order valence-corrected chi connectivity index (χ1v) is 11.9. The van der Waals surface area contributed by atoms with E-state index in [0.717, 1.165) is 11.1 Å². The van der Waals surface area contributed by atoms with E-state index < -0.39 is 0 Å². The number of amides is 1. The molecule has 0 N–H and O–H groups in total. The zero-order chi connectivity index (χ0) is 24.1. The Morgan fingerprint density at radius 3 is 2.62 bits per heavy atom. The van der Waals surface area contributed by atoms with Gasteiger partial charge in [0.2, 0.25) is 0 Å². The summed E-state index contributed by atoms with van der Waals surface area (Å²) in [5, 5.41) is 9.61. The minimum Gasteiger partial charge on any atom is -0.493 e. The summed E-state index contributed by atoms with van der Waals surface area (Å²) in [5.41, 5.74) is 2.97. The summed E-state index contributed by atoms with van der Waals surface area (Å²) in [4.78, 5) is 15.1. The number of benzene rings is 3. The van der Waals surface area contributed by atoms with Gasteiger partial charge in [-0.15, -0.1) is 0 Å². The highest BCUT2D eigenvalue weighted by Crippen LogP contribution is 2.39. The van der Waals surface area contributed by atoms with Gasteiger partial charge < -0.3 is 9.47 Å². The lowest BCUT2D eigenvalue weighted by Crippen LogP contribution is -2.27. The Bertz CT molecular complexity index is 1320. The van der Waals surface area contributed by atoms with Gasteiger partial charge in [0.1, 0.15) is 10.9 Å². The fourth-order valence-electron chi connectivity index (χ4n) is 3.42. The average molecular weight is 507 g/mol. The first-order chi connectivity index (χ1) is 16.5. The Labute approximate surface area is 212 Å². The third-order valence-electron chi connectivity index (χ3n) is 5.12. The van der Waals surface area contributed by atoms with Crippen molar-refractivity contribution < 1.29 is 14.3 Å². The molecule has 3 aromatic carbocycles. The topological polar surface area (TPSA) is 62.6 Å². The maximum Gasteiger partial charge on any atom is 0.266 e.